The molecule has 0 aliphatic heterocycles. The minimum absolute atomic E-state index is 0.0632. The molecule has 1 aromatic heterocycles. The number of methoxy groups -OCH3 is 1. The first-order valence-corrected chi connectivity index (χ1v) is 4.57. The number of hydrogen-bond donors (Lipinski definition) is 1. The van der Waals surface area contributed by atoms with Crippen molar-refractivity contribution < 1.29 is 23.4 Å². The van der Waals surface area contributed by atoms with Gasteiger partial charge in [0.05, 0.1) is 12.5 Å². The maximum absolute atomic E-state index is 13.3. The summed E-state index contributed by atoms with van der Waals surface area (Å²) in [5.74, 6) is -2.76. The molecule has 1 N–H and O–H groups in total. The van der Waals surface area contributed by atoms with Gasteiger partial charge in [-0.3, -0.25) is 4.79 Å². The lowest BCUT2D eigenvalue weighted by Crippen LogP contribution is -2.06. The predicted octanol–water partition coefficient (Wildman–Crippen LogP) is 1.64. The standard InChI is InChI=1S/C11H7FO5/c1-16-9-2-5-7(13)4-10(11(14)15)17-8(5)3-6(9)12/h2-4H,1H3,(H,14,15). The Hall–Kier alpha value is -2.37. The van der Waals surface area contributed by atoms with Crippen molar-refractivity contribution in [2.24, 2.45) is 0 Å². The van der Waals surface area contributed by atoms with Gasteiger partial charge in [-0.2, -0.15) is 0 Å². The summed E-state index contributed by atoms with van der Waals surface area (Å²) in [6.07, 6.45) is 0. The van der Waals surface area contributed by atoms with Crippen LogP contribution in [-0.2, 0) is 0 Å². The molecule has 0 aliphatic rings. The Balaban J connectivity index is 2.82. The lowest BCUT2D eigenvalue weighted by molar-refractivity contribution is 0.0663. The Labute approximate surface area is 94.0 Å². The van der Waals surface area contributed by atoms with Gasteiger partial charge in [0.15, 0.2) is 17.0 Å². The van der Waals surface area contributed by atoms with Crippen LogP contribution in [0.25, 0.3) is 11.0 Å². The summed E-state index contributed by atoms with van der Waals surface area (Å²) in [6.45, 7) is 0. The largest absolute Gasteiger partial charge is 0.494 e. The summed E-state index contributed by atoms with van der Waals surface area (Å²) in [5, 5.41) is 8.75. The van der Waals surface area contributed by atoms with E-state index in [1.807, 2.05) is 0 Å². The summed E-state index contributed by atoms with van der Waals surface area (Å²) in [6, 6.07) is 2.92. The zero-order valence-electron chi connectivity index (χ0n) is 8.69. The molecule has 0 fully saturated rings. The van der Waals surface area contributed by atoms with Gasteiger partial charge in [0.25, 0.3) is 0 Å². The fourth-order valence-corrected chi connectivity index (χ4v) is 1.42. The molecular weight excluding hydrogens is 231 g/mol. The monoisotopic (exact) mass is 238 g/mol. The molecule has 88 valence electrons. The minimum atomic E-state index is -1.39. The van der Waals surface area contributed by atoms with Gasteiger partial charge < -0.3 is 14.3 Å². The number of ether oxygens (including phenoxy) is 1. The Kier molecular flexibility index (Phi) is 2.55. The van der Waals surface area contributed by atoms with Crippen LogP contribution in [0.15, 0.2) is 27.4 Å². The van der Waals surface area contributed by atoms with Crippen molar-refractivity contribution >= 4 is 16.9 Å². The number of carbonyl (C=O) groups is 1. The zero-order chi connectivity index (χ0) is 12.6. The molecule has 0 bridgehead atoms. The lowest BCUT2D eigenvalue weighted by Gasteiger charge is -2.03. The lowest BCUT2D eigenvalue weighted by atomic mass is 10.2. The summed E-state index contributed by atoms with van der Waals surface area (Å²) < 4.78 is 23.0. The van der Waals surface area contributed by atoms with Gasteiger partial charge in [0.1, 0.15) is 5.58 Å². The summed E-state index contributed by atoms with van der Waals surface area (Å²) in [5.41, 5.74) is -0.699. The first-order valence-electron chi connectivity index (χ1n) is 4.57. The van der Waals surface area contributed by atoms with E-state index in [0.717, 1.165) is 12.1 Å². The fourth-order valence-electron chi connectivity index (χ4n) is 1.42. The molecule has 17 heavy (non-hydrogen) atoms. The van der Waals surface area contributed by atoms with E-state index in [1.165, 1.54) is 13.2 Å². The van der Waals surface area contributed by atoms with Gasteiger partial charge >= 0.3 is 5.97 Å². The van der Waals surface area contributed by atoms with Crippen LogP contribution in [0.3, 0.4) is 0 Å². The Morgan fingerprint density at radius 2 is 2.12 bits per heavy atom. The highest BCUT2D eigenvalue weighted by atomic mass is 19.1. The second-order valence-corrected chi connectivity index (χ2v) is 3.26. The first kappa shape index (κ1) is 11.1. The van der Waals surface area contributed by atoms with Crippen molar-refractivity contribution in [1.29, 1.82) is 0 Å². The maximum Gasteiger partial charge on any atom is 0.371 e. The molecule has 0 saturated carbocycles. The van der Waals surface area contributed by atoms with Crippen LogP contribution in [0.1, 0.15) is 10.6 Å². The molecule has 1 heterocycles. The molecule has 0 amide bonds. The van der Waals surface area contributed by atoms with Crippen LogP contribution < -0.4 is 10.2 Å². The number of carboxylic acid groups (broad SMARTS) is 1. The average molecular weight is 238 g/mol. The molecule has 0 aliphatic carbocycles. The third-order valence-corrected chi connectivity index (χ3v) is 2.21. The SMILES string of the molecule is COc1cc2c(=O)cc(C(=O)O)oc2cc1F. The first-order chi connectivity index (χ1) is 8.02. The molecule has 0 saturated heterocycles. The number of hydrogen-bond acceptors (Lipinski definition) is 4. The fraction of sp³-hybridized carbons (Fsp3) is 0.0909. The number of halogens is 1. The van der Waals surface area contributed by atoms with E-state index in [9.17, 15) is 14.0 Å². The topological polar surface area (TPSA) is 76.7 Å². The van der Waals surface area contributed by atoms with Crippen molar-refractivity contribution in [3.05, 3.63) is 40.0 Å². The second kappa shape index (κ2) is 3.89. The van der Waals surface area contributed by atoms with Gasteiger partial charge in [-0.25, -0.2) is 9.18 Å². The van der Waals surface area contributed by atoms with Crippen molar-refractivity contribution in [3.8, 4) is 5.75 Å². The Morgan fingerprint density at radius 1 is 1.41 bits per heavy atom. The van der Waals surface area contributed by atoms with Gasteiger partial charge in [-0.1, -0.05) is 0 Å². The molecule has 2 aromatic rings. The van der Waals surface area contributed by atoms with Crippen molar-refractivity contribution in [2.75, 3.05) is 7.11 Å². The molecule has 5 nitrogen and oxygen atoms in total. The van der Waals surface area contributed by atoms with Crippen LogP contribution in [0, 0.1) is 5.82 Å². The normalized spacial score (nSPS) is 10.5. The predicted molar refractivity (Wildman–Crippen MR) is 56.0 cm³/mol. The van der Waals surface area contributed by atoms with E-state index < -0.39 is 23.0 Å². The zero-order valence-corrected chi connectivity index (χ0v) is 8.69. The Morgan fingerprint density at radius 3 is 2.71 bits per heavy atom. The summed E-state index contributed by atoms with van der Waals surface area (Å²) in [7, 11) is 1.26. The highest BCUT2D eigenvalue weighted by Crippen LogP contribution is 2.23. The third kappa shape index (κ3) is 1.84. The number of benzene rings is 1. The number of carboxylic acids is 1. The molecule has 2 rings (SSSR count). The minimum Gasteiger partial charge on any atom is -0.494 e. The smallest absolute Gasteiger partial charge is 0.371 e. The van der Waals surface area contributed by atoms with Crippen LogP contribution in [0.4, 0.5) is 4.39 Å². The highest BCUT2D eigenvalue weighted by molar-refractivity contribution is 5.87. The molecule has 0 atom stereocenters. The van der Waals surface area contributed by atoms with E-state index >= 15 is 0 Å². The second-order valence-electron chi connectivity index (χ2n) is 3.26. The average Bonchev–Trinajstić information content (AvgIpc) is 2.27. The molecule has 0 spiro atoms. The van der Waals surface area contributed by atoms with Gasteiger partial charge in [-0.05, 0) is 6.07 Å². The highest BCUT2D eigenvalue weighted by Gasteiger charge is 2.13. The Bertz CT molecular complexity index is 659. The van der Waals surface area contributed by atoms with Gasteiger partial charge in [0.2, 0.25) is 5.76 Å². The number of rotatable bonds is 2. The van der Waals surface area contributed by atoms with Gasteiger partial charge in [-0.15, -0.1) is 0 Å². The van der Waals surface area contributed by atoms with Gasteiger partial charge in [0, 0.05) is 12.1 Å². The van der Waals surface area contributed by atoms with Crippen LogP contribution in [0.5, 0.6) is 5.75 Å². The van der Waals surface area contributed by atoms with Crippen molar-refractivity contribution in [2.45, 2.75) is 0 Å². The van der Waals surface area contributed by atoms with E-state index in [2.05, 4.69) is 0 Å². The number of aromatic carboxylic acids is 1. The van der Waals surface area contributed by atoms with E-state index in [0.29, 0.717) is 0 Å². The van der Waals surface area contributed by atoms with E-state index in [1.54, 1.807) is 0 Å². The van der Waals surface area contributed by atoms with E-state index in [-0.39, 0.29) is 16.7 Å². The van der Waals surface area contributed by atoms with Crippen LogP contribution in [-0.4, -0.2) is 18.2 Å². The molecule has 0 unspecified atom stereocenters. The molecule has 1 aromatic carbocycles. The molecule has 6 heteroatoms. The van der Waals surface area contributed by atoms with Crippen molar-refractivity contribution in [3.63, 3.8) is 0 Å². The van der Waals surface area contributed by atoms with Crippen LogP contribution >= 0.6 is 0 Å². The molecule has 0 radical (unpaired) electrons. The van der Waals surface area contributed by atoms with Crippen molar-refractivity contribution in [1.82, 2.24) is 0 Å². The quantitative estimate of drug-likeness (QED) is 0.860. The number of fused-ring (bicyclic) bond motifs is 1. The third-order valence-electron chi connectivity index (χ3n) is 2.21. The van der Waals surface area contributed by atoms with E-state index in [4.69, 9.17) is 14.3 Å². The van der Waals surface area contributed by atoms with Crippen LogP contribution in [0.2, 0.25) is 0 Å². The summed E-state index contributed by atoms with van der Waals surface area (Å²) >= 11 is 0. The molecular formula is C11H7FO5. The maximum atomic E-state index is 13.3. The summed E-state index contributed by atoms with van der Waals surface area (Å²) in [4.78, 5) is 22.2.